The van der Waals surface area contributed by atoms with Gasteiger partial charge in [-0.05, 0) is 51.6 Å². The van der Waals surface area contributed by atoms with E-state index in [1.165, 1.54) is 4.88 Å². The van der Waals surface area contributed by atoms with Crippen molar-refractivity contribution in [2.24, 2.45) is 0 Å². The van der Waals surface area contributed by atoms with Crippen molar-refractivity contribution in [3.8, 4) is 6.07 Å². The van der Waals surface area contributed by atoms with Gasteiger partial charge in [-0.3, -0.25) is 0 Å². The van der Waals surface area contributed by atoms with Crippen molar-refractivity contribution in [1.82, 2.24) is 0 Å². The molecule has 0 aliphatic rings. The van der Waals surface area contributed by atoms with Crippen LogP contribution in [0.3, 0.4) is 0 Å². The number of benzene rings is 1. The van der Waals surface area contributed by atoms with Crippen molar-refractivity contribution in [3.63, 3.8) is 0 Å². The van der Waals surface area contributed by atoms with Gasteiger partial charge in [0.1, 0.15) is 0 Å². The summed E-state index contributed by atoms with van der Waals surface area (Å²) in [6, 6.07) is 11.8. The molecule has 0 spiro atoms. The first-order valence-electron chi connectivity index (χ1n) is 5.14. The number of thiophene rings is 1. The summed E-state index contributed by atoms with van der Waals surface area (Å²) in [5, 5.41) is 10.8. The zero-order valence-electron chi connectivity index (χ0n) is 9.35. The molecule has 0 bridgehead atoms. The molecule has 2 rings (SSSR count). The Morgan fingerprint density at radius 2 is 2.00 bits per heavy atom. The van der Waals surface area contributed by atoms with Gasteiger partial charge in [-0.15, -0.1) is 11.3 Å². The minimum Gasteiger partial charge on any atom is -0.369 e. The first kappa shape index (κ1) is 12.2. The molecule has 86 valence electrons. The molecule has 4 heteroatoms. The lowest BCUT2D eigenvalue weighted by atomic mass is 10.2. The third-order valence-electron chi connectivity index (χ3n) is 2.51. The molecule has 0 radical (unpaired) electrons. The van der Waals surface area contributed by atoms with E-state index in [0.717, 1.165) is 16.7 Å². The molecular weight excluding hydrogens is 296 g/mol. The Balaban J connectivity index is 2.12. The van der Waals surface area contributed by atoms with Crippen LogP contribution in [0.5, 0.6) is 0 Å². The van der Waals surface area contributed by atoms with Crippen LogP contribution < -0.4 is 4.90 Å². The van der Waals surface area contributed by atoms with Gasteiger partial charge in [-0.25, -0.2) is 0 Å². The molecule has 1 aromatic heterocycles. The molecule has 0 N–H and O–H groups in total. The van der Waals surface area contributed by atoms with E-state index in [1.54, 1.807) is 11.3 Å². The Bertz CT molecular complexity index is 539. The molecule has 1 aromatic carbocycles. The van der Waals surface area contributed by atoms with Crippen LogP contribution in [-0.2, 0) is 6.54 Å². The van der Waals surface area contributed by atoms with Gasteiger partial charge in [0.2, 0.25) is 0 Å². The van der Waals surface area contributed by atoms with E-state index in [9.17, 15) is 0 Å². The van der Waals surface area contributed by atoms with Crippen molar-refractivity contribution < 1.29 is 0 Å². The standard InChI is InChI=1S/C13H11BrN2S/c1-16(9-13-12(14)6-7-17-13)11-4-2-10(8-15)3-5-11/h2-7H,9H2,1H3. The Kier molecular flexibility index (Phi) is 3.82. The maximum atomic E-state index is 8.74. The second kappa shape index (κ2) is 5.35. The minimum atomic E-state index is 0.694. The maximum absolute atomic E-state index is 8.74. The van der Waals surface area contributed by atoms with Crippen molar-refractivity contribution in [1.29, 1.82) is 5.26 Å². The van der Waals surface area contributed by atoms with Crippen molar-refractivity contribution in [2.45, 2.75) is 6.54 Å². The van der Waals surface area contributed by atoms with Crippen molar-refractivity contribution >= 4 is 33.0 Å². The average molecular weight is 307 g/mol. The summed E-state index contributed by atoms with van der Waals surface area (Å²) in [6.07, 6.45) is 0. The third-order valence-corrected chi connectivity index (χ3v) is 4.42. The average Bonchev–Trinajstić information content (AvgIpc) is 2.75. The lowest BCUT2D eigenvalue weighted by Crippen LogP contribution is -2.15. The highest BCUT2D eigenvalue weighted by Crippen LogP contribution is 2.25. The molecule has 17 heavy (non-hydrogen) atoms. The second-order valence-corrected chi connectivity index (χ2v) is 5.56. The first-order valence-corrected chi connectivity index (χ1v) is 6.81. The summed E-state index contributed by atoms with van der Waals surface area (Å²) < 4.78 is 1.16. The summed E-state index contributed by atoms with van der Waals surface area (Å²) in [5.74, 6) is 0. The highest BCUT2D eigenvalue weighted by Gasteiger charge is 2.06. The normalized spacial score (nSPS) is 9.94. The van der Waals surface area contributed by atoms with E-state index in [2.05, 4.69) is 38.3 Å². The quantitative estimate of drug-likeness (QED) is 0.856. The van der Waals surface area contributed by atoms with Crippen LogP contribution in [0.15, 0.2) is 40.2 Å². The summed E-state index contributed by atoms with van der Waals surface area (Å²) in [5.41, 5.74) is 1.81. The van der Waals surface area contributed by atoms with Crippen LogP contribution >= 0.6 is 27.3 Å². The molecule has 0 amide bonds. The molecular formula is C13H11BrN2S. The highest BCUT2D eigenvalue weighted by atomic mass is 79.9. The Morgan fingerprint density at radius 1 is 1.29 bits per heavy atom. The predicted molar refractivity (Wildman–Crippen MR) is 75.3 cm³/mol. The number of nitriles is 1. The molecule has 0 fully saturated rings. The highest BCUT2D eigenvalue weighted by molar-refractivity contribution is 9.10. The van der Waals surface area contributed by atoms with Crippen LogP contribution in [0.4, 0.5) is 5.69 Å². The largest absolute Gasteiger partial charge is 0.369 e. The van der Waals surface area contributed by atoms with E-state index in [0.29, 0.717) is 5.56 Å². The molecule has 0 atom stereocenters. The molecule has 0 saturated carbocycles. The topological polar surface area (TPSA) is 27.0 Å². The number of hydrogen-bond acceptors (Lipinski definition) is 3. The van der Waals surface area contributed by atoms with E-state index in [-0.39, 0.29) is 0 Å². The third kappa shape index (κ3) is 2.87. The summed E-state index contributed by atoms with van der Waals surface area (Å²) in [4.78, 5) is 3.47. The van der Waals surface area contributed by atoms with Crippen molar-refractivity contribution in [3.05, 3.63) is 50.6 Å². The Morgan fingerprint density at radius 3 is 2.53 bits per heavy atom. The van der Waals surface area contributed by atoms with Gasteiger partial charge in [0.15, 0.2) is 0 Å². The van der Waals surface area contributed by atoms with E-state index < -0.39 is 0 Å². The molecule has 0 aliphatic carbocycles. The van der Waals surface area contributed by atoms with Crippen LogP contribution in [0.1, 0.15) is 10.4 Å². The number of nitrogens with zero attached hydrogens (tertiary/aromatic N) is 2. The second-order valence-electron chi connectivity index (χ2n) is 3.71. The monoisotopic (exact) mass is 306 g/mol. The SMILES string of the molecule is CN(Cc1sccc1Br)c1ccc(C#N)cc1. The number of rotatable bonds is 3. The fourth-order valence-corrected chi connectivity index (χ4v) is 3.07. The Hall–Kier alpha value is -1.31. The van der Waals surface area contributed by atoms with Crippen LogP contribution in [0.2, 0.25) is 0 Å². The van der Waals surface area contributed by atoms with E-state index >= 15 is 0 Å². The van der Waals surface area contributed by atoms with Gasteiger partial charge in [0.25, 0.3) is 0 Å². The van der Waals surface area contributed by atoms with Gasteiger partial charge >= 0.3 is 0 Å². The fraction of sp³-hybridized carbons (Fsp3) is 0.154. The van der Waals surface area contributed by atoms with Gasteiger partial charge in [0.05, 0.1) is 18.2 Å². The number of halogens is 1. The molecule has 0 aliphatic heterocycles. The molecule has 0 saturated heterocycles. The lowest BCUT2D eigenvalue weighted by Gasteiger charge is -2.18. The number of hydrogen-bond donors (Lipinski definition) is 0. The van der Waals surface area contributed by atoms with Gasteiger partial charge < -0.3 is 4.90 Å². The predicted octanol–water partition coefficient (Wildman–Crippen LogP) is 4.02. The summed E-state index contributed by atoms with van der Waals surface area (Å²) in [7, 11) is 2.05. The smallest absolute Gasteiger partial charge is 0.0991 e. The Labute approximate surface area is 113 Å². The maximum Gasteiger partial charge on any atom is 0.0991 e. The van der Waals surface area contributed by atoms with E-state index in [4.69, 9.17) is 5.26 Å². The number of anilines is 1. The fourth-order valence-electron chi connectivity index (χ4n) is 1.54. The minimum absolute atomic E-state index is 0.694. The van der Waals surface area contributed by atoms with Crippen LogP contribution in [0.25, 0.3) is 0 Å². The summed E-state index contributed by atoms with van der Waals surface area (Å²) >= 11 is 5.27. The molecule has 0 unspecified atom stereocenters. The molecule has 1 heterocycles. The zero-order valence-corrected chi connectivity index (χ0v) is 11.8. The molecule has 2 nitrogen and oxygen atoms in total. The summed E-state index contributed by atoms with van der Waals surface area (Å²) in [6.45, 7) is 0.865. The van der Waals surface area contributed by atoms with E-state index in [1.807, 2.05) is 31.3 Å². The lowest BCUT2D eigenvalue weighted by molar-refractivity contribution is 0.937. The van der Waals surface area contributed by atoms with Crippen LogP contribution in [0, 0.1) is 11.3 Å². The zero-order chi connectivity index (χ0) is 12.3. The first-order chi connectivity index (χ1) is 8.20. The van der Waals surface area contributed by atoms with Gasteiger partial charge in [0, 0.05) is 22.1 Å². The van der Waals surface area contributed by atoms with Gasteiger partial charge in [-0.1, -0.05) is 0 Å². The molecule has 2 aromatic rings. The van der Waals surface area contributed by atoms with Crippen LogP contribution in [-0.4, -0.2) is 7.05 Å². The van der Waals surface area contributed by atoms with Crippen molar-refractivity contribution in [2.75, 3.05) is 11.9 Å². The van der Waals surface area contributed by atoms with Gasteiger partial charge in [-0.2, -0.15) is 5.26 Å².